The first-order valence-corrected chi connectivity index (χ1v) is 21.8. The summed E-state index contributed by atoms with van der Waals surface area (Å²) in [5.41, 5.74) is 11.1. The normalized spacial score (nSPS) is 12.3. The van der Waals surface area contributed by atoms with Gasteiger partial charge in [0.1, 0.15) is 41.2 Å². The summed E-state index contributed by atoms with van der Waals surface area (Å²) >= 11 is 0. The van der Waals surface area contributed by atoms with Gasteiger partial charge >= 0.3 is 0 Å². The van der Waals surface area contributed by atoms with E-state index in [0.29, 0.717) is 40.1 Å². The Kier molecular flexibility index (Phi) is 12.6. The van der Waals surface area contributed by atoms with E-state index in [1.165, 1.54) is 24.3 Å². The van der Waals surface area contributed by atoms with Gasteiger partial charge in [0.25, 0.3) is 0 Å². The number of benzene rings is 4. The largest absolute Gasteiger partial charge is 0.495 e. The monoisotopic (exact) mass is 916 g/mol. The number of alkyl halides is 1. The molecular weight excluding hydrogens is 870 g/mol. The van der Waals surface area contributed by atoms with Crippen LogP contribution in [-0.4, -0.2) is 68.0 Å². The van der Waals surface area contributed by atoms with Gasteiger partial charge in [-0.05, 0) is 105 Å². The summed E-state index contributed by atoms with van der Waals surface area (Å²) < 4.78 is 59.6. The Bertz CT molecular complexity index is 3070. The number of hydrogen-bond acceptors (Lipinski definition) is 9. The molecule has 0 unspecified atom stereocenters. The maximum atomic E-state index is 13.8. The third-order valence-corrected chi connectivity index (χ3v) is 12.0. The third-order valence-electron chi connectivity index (χ3n) is 12.0. The summed E-state index contributed by atoms with van der Waals surface area (Å²) in [6, 6.07) is 27.6. The molecule has 0 saturated heterocycles. The Morgan fingerprint density at radius 2 is 0.985 bits per heavy atom. The van der Waals surface area contributed by atoms with Crippen molar-refractivity contribution < 1.29 is 27.8 Å². The number of halogens is 3. The number of ether oxygens (including phenoxy) is 2. The molecule has 0 saturated carbocycles. The van der Waals surface area contributed by atoms with Crippen molar-refractivity contribution in [2.75, 3.05) is 14.2 Å². The van der Waals surface area contributed by atoms with Gasteiger partial charge in [0.2, 0.25) is 0 Å². The molecule has 344 valence electrons. The highest BCUT2D eigenvalue weighted by Crippen LogP contribution is 2.40. The molecule has 13 nitrogen and oxygen atoms in total. The highest BCUT2D eigenvalue weighted by atomic mass is 19.1. The second kappa shape index (κ2) is 19.0. The van der Waals surface area contributed by atoms with Crippen LogP contribution in [0.2, 0.25) is 0 Å². The van der Waals surface area contributed by atoms with Gasteiger partial charge in [-0.15, -0.1) is 20.4 Å². The van der Waals surface area contributed by atoms with Crippen molar-refractivity contribution >= 4 is 0 Å². The number of aromatic nitrogens is 10. The van der Waals surface area contributed by atoms with E-state index in [9.17, 15) is 18.3 Å². The highest BCUT2D eigenvalue weighted by Gasteiger charge is 2.25. The lowest BCUT2D eigenvalue weighted by Crippen LogP contribution is -2.12. The Labute approximate surface area is 390 Å². The molecule has 16 heteroatoms. The predicted octanol–water partition coefficient (Wildman–Crippen LogP) is 10.6. The summed E-state index contributed by atoms with van der Waals surface area (Å²) in [6.45, 7) is 7.08. The molecule has 0 bridgehead atoms. The van der Waals surface area contributed by atoms with Crippen molar-refractivity contribution in [3.05, 3.63) is 180 Å². The highest BCUT2D eigenvalue weighted by molar-refractivity contribution is 5.82. The van der Waals surface area contributed by atoms with Gasteiger partial charge in [-0.3, -0.25) is 0 Å². The number of aryl methyl sites for hydroxylation is 2. The van der Waals surface area contributed by atoms with Crippen molar-refractivity contribution in [2.24, 2.45) is 0 Å². The second-order valence-corrected chi connectivity index (χ2v) is 16.4. The van der Waals surface area contributed by atoms with Crippen molar-refractivity contribution in [2.45, 2.75) is 53.1 Å². The van der Waals surface area contributed by atoms with Gasteiger partial charge in [0.05, 0.1) is 68.3 Å². The molecular formula is C52H47F3N10O3. The molecule has 68 heavy (non-hydrogen) atoms. The van der Waals surface area contributed by atoms with E-state index in [2.05, 4.69) is 30.4 Å². The number of aliphatic hydroxyl groups is 1. The summed E-state index contributed by atoms with van der Waals surface area (Å²) in [5.74, 6) is 2.04. The number of hydrogen-bond donors (Lipinski definition) is 1. The minimum Gasteiger partial charge on any atom is -0.495 e. The molecule has 6 aromatic rings. The topological polar surface area (TPSA) is 136 Å². The molecule has 0 radical (unpaired) electrons. The van der Waals surface area contributed by atoms with Gasteiger partial charge in [-0.2, -0.15) is 0 Å². The van der Waals surface area contributed by atoms with E-state index in [1.807, 2.05) is 107 Å². The molecule has 2 aromatic heterocycles. The van der Waals surface area contributed by atoms with Crippen molar-refractivity contribution in [3.8, 4) is 68.2 Å². The Balaban J connectivity index is 0.000000170. The zero-order valence-corrected chi connectivity index (χ0v) is 38.1. The molecule has 2 atom stereocenters. The van der Waals surface area contributed by atoms with Crippen LogP contribution >= 0.6 is 0 Å². The number of rotatable bonds is 12. The first kappa shape index (κ1) is 45.1. The maximum absolute atomic E-state index is 13.8. The third kappa shape index (κ3) is 8.80. The number of fused-ring (bicyclic) bond motifs is 2. The van der Waals surface area contributed by atoms with E-state index in [1.54, 1.807) is 63.4 Å². The molecule has 4 aromatic carbocycles. The van der Waals surface area contributed by atoms with Crippen molar-refractivity contribution in [1.82, 2.24) is 48.6 Å². The summed E-state index contributed by atoms with van der Waals surface area (Å²) in [6.07, 6.45) is 10.9. The smallest absolute Gasteiger partial charge is 0.165 e. The van der Waals surface area contributed by atoms with E-state index in [4.69, 9.17) is 9.47 Å². The minimum atomic E-state index is -0.626. The van der Waals surface area contributed by atoms with E-state index >= 15 is 0 Å². The van der Waals surface area contributed by atoms with Crippen LogP contribution < -0.4 is 9.47 Å². The average Bonchev–Trinajstić information content (AvgIpc) is 4.20. The van der Waals surface area contributed by atoms with Crippen LogP contribution in [0.25, 0.3) is 56.7 Å². The number of nitrogens with zero attached hydrogens (tertiary/aromatic N) is 10. The molecule has 10 rings (SSSR count). The SMILES string of the molecule is COc1cc(-c2nnc3n([C@@H](C)c4ccc(F)cc4)cc(CF)cc2-3)ccc1-n1cnc(C)c1.COc1cc(-c2nnc3n([C@@H](C)c4ccc(F)cc4)cc(CO)cc2-3)ccc1-n1cnc(C)c1. The van der Waals surface area contributed by atoms with Gasteiger partial charge in [-0.1, -0.05) is 36.4 Å². The van der Waals surface area contributed by atoms with E-state index < -0.39 is 6.67 Å². The number of pyridine rings is 2. The Hall–Kier alpha value is -8.11. The van der Waals surface area contributed by atoms with Crippen LogP contribution in [0.4, 0.5) is 13.2 Å². The summed E-state index contributed by atoms with van der Waals surface area (Å²) in [4.78, 5) is 8.58. The molecule has 0 aliphatic carbocycles. The predicted molar refractivity (Wildman–Crippen MR) is 252 cm³/mol. The number of imidazole rings is 2. The fourth-order valence-electron chi connectivity index (χ4n) is 8.36. The fourth-order valence-corrected chi connectivity index (χ4v) is 8.36. The van der Waals surface area contributed by atoms with E-state index in [0.717, 1.165) is 61.7 Å². The van der Waals surface area contributed by atoms with Crippen LogP contribution in [-0.2, 0) is 13.3 Å². The first-order valence-electron chi connectivity index (χ1n) is 21.8. The van der Waals surface area contributed by atoms with E-state index in [-0.39, 0.29) is 30.3 Å². The standard InChI is InChI=1S/C26H23F2N5O.C26H24FN5O2/c1-16-13-32(15-29-16)23-9-6-20(11-24(23)34-3)25-22-10-18(12-27)14-33(26(22)31-30-25)17(2)19-4-7-21(28)8-5-19;1-16-12-31(15-28-16)23-9-6-20(11-24(23)34-3)25-22-10-18(14-33)13-32(26(22)30-29-25)17(2)19-4-7-21(27)8-5-19/h4-11,13-15,17H,12H2,1-3H3;4-13,15,17,33H,14H2,1-3H3/t2*17-/m00/s1. The Morgan fingerprint density at radius 1 is 0.559 bits per heavy atom. The quantitative estimate of drug-likeness (QED) is 0.127. The lowest BCUT2D eigenvalue weighted by Gasteiger charge is -2.21. The van der Waals surface area contributed by atoms with Crippen molar-refractivity contribution in [3.63, 3.8) is 0 Å². The average molecular weight is 917 g/mol. The summed E-state index contributed by atoms with van der Waals surface area (Å²) in [7, 11) is 3.24. The molecule has 4 aliphatic rings. The zero-order valence-electron chi connectivity index (χ0n) is 38.1. The number of methoxy groups -OCH3 is 2. The van der Waals surface area contributed by atoms with Crippen LogP contribution in [0, 0.1) is 25.5 Å². The summed E-state index contributed by atoms with van der Waals surface area (Å²) in [5, 5.41) is 27.8. The van der Waals surface area contributed by atoms with Crippen LogP contribution in [0.15, 0.2) is 135 Å². The molecule has 0 spiro atoms. The van der Waals surface area contributed by atoms with Gasteiger partial charge < -0.3 is 32.8 Å². The lowest BCUT2D eigenvalue weighted by atomic mass is 10.0. The van der Waals surface area contributed by atoms with Crippen LogP contribution in [0.1, 0.15) is 59.6 Å². The van der Waals surface area contributed by atoms with Gasteiger partial charge in [0.15, 0.2) is 11.6 Å². The fraction of sp³-hybridized carbons (Fsp3) is 0.192. The molecule has 1 N–H and O–H groups in total. The van der Waals surface area contributed by atoms with Crippen molar-refractivity contribution in [1.29, 1.82) is 0 Å². The number of aliphatic hydroxyl groups excluding tert-OH is 1. The van der Waals surface area contributed by atoms with Gasteiger partial charge in [0, 0.05) is 52.6 Å². The minimum absolute atomic E-state index is 0.126. The zero-order chi connectivity index (χ0) is 47.6. The first-order chi connectivity index (χ1) is 33.0. The second-order valence-electron chi connectivity index (χ2n) is 16.4. The molecule has 4 aliphatic heterocycles. The van der Waals surface area contributed by atoms with Gasteiger partial charge in [-0.25, -0.2) is 23.1 Å². The molecule has 0 fully saturated rings. The van der Waals surface area contributed by atoms with Crippen LogP contribution in [0.3, 0.4) is 0 Å². The molecule has 0 amide bonds. The maximum Gasteiger partial charge on any atom is 0.165 e. The van der Waals surface area contributed by atoms with Crippen LogP contribution in [0.5, 0.6) is 11.5 Å². The molecule has 6 heterocycles. The lowest BCUT2D eigenvalue weighted by molar-refractivity contribution is 0.280. The Morgan fingerprint density at radius 3 is 1.37 bits per heavy atom.